The average molecular weight is 361 g/mol. The quantitative estimate of drug-likeness (QED) is 0.589. The first-order valence-electron chi connectivity index (χ1n) is 8.85. The molecule has 0 fully saturated rings. The van der Waals surface area contributed by atoms with E-state index in [0.29, 0.717) is 18.5 Å². The van der Waals surface area contributed by atoms with Crippen LogP contribution in [-0.2, 0) is 24.3 Å². The fraction of sp³-hybridized carbons (Fsp3) is 0.200. The van der Waals surface area contributed by atoms with E-state index in [1.54, 1.807) is 4.40 Å². The molecular weight excluding hydrogens is 342 g/mol. The van der Waals surface area contributed by atoms with Crippen molar-refractivity contribution in [2.24, 2.45) is 0 Å². The SMILES string of the molecule is CCc1nnc2c(=O)n(CC(=O)NCc3ccccc3)c3ccccc3n12. The molecule has 7 heteroatoms. The molecule has 0 radical (unpaired) electrons. The summed E-state index contributed by atoms with van der Waals surface area (Å²) >= 11 is 0. The highest BCUT2D eigenvalue weighted by Gasteiger charge is 2.17. The van der Waals surface area contributed by atoms with E-state index in [2.05, 4.69) is 15.5 Å². The van der Waals surface area contributed by atoms with Gasteiger partial charge in [0, 0.05) is 13.0 Å². The Morgan fingerprint density at radius 3 is 2.44 bits per heavy atom. The molecule has 0 bridgehead atoms. The Morgan fingerprint density at radius 2 is 1.70 bits per heavy atom. The van der Waals surface area contributed by atoms with Gasteiger partial charge in [-0.3, -0.25) is 18.6 Å². The van der Waals surface area contributed by atoms with Gasteiger partial charge in [-0.05, 0) is 17.7 Å². The van der Waals surface area contributed by atoms with Crippen molar-refractivity contribution in [3.05, 3.63) is 76.3 Å². The van der Waals surface area contributed by atoms with Crippen LogP contribution >= 0.6 is 0 Å². The van der Waals surface area contributed by atoms with Gasteiger partial charge in [0.05, 0.1) is 11.0 Å². The van der Waals surface area contributed by atoms with Crippen LogP contribution in [0.1, 0.15) is 18.3 Å². The van der Waals surface area contributed by atoms with Gasteiger partial charge >= 0.3 is 0 Å². The first-order chi connectivity index (χ1) is 13.2. The molecule has 0 aliphatic rings. The summed E-state index contributed by atoms with van der Waals surface area (Å²) in [5.41, 5.74) is 2.41. The molecule has 27 heavy (non-hydrogen) atoms. The number of para-hydroxylation sites is 2. The first kappa shape index (κ1) is 17.0. The van der Waals surface area contributed by atoms with E-state index in [1.165, 1.54) is 4.57 Å². The lowest BCUT2D eigenvalue weighted by atomic mass is 10.2. The number of nitrogens with zero attached hydrogens (tertiary/aromatic N) is 4. The van der Waals surface area contributed by atoms with Gasteiger partial charge in [0.25, 0.3) is 5.56 Å². The maximum atomic E-state index is 12.9. The molecule has 2 heterocycles. The van der Waals surface area contributed by atoms with Crippen LogP contribution in [0, 0.1) is 0 Å². The molecule has 2 aromatic heterocycles. The van der Waals surface area contributed by atoms with E-state index in [1.807, 2.05) is 61.5 Å². The van der Waals surface area contributed by atoms with Crippen molar-refractivity contribution < 1.29 is 4.79 Å². The third kappa shape index (κ3) is 3.08. The Morgan fingerprint density at radius 1 is 1.00 bits per heavy atom. The number of amides is 1. The zero-order chi connectivity index (χ0) is 18.8. The van der Waals surface area contributed by atoms with Gasteiger partial charge in [0.15, 0.2) is 0 Å². The van der Waals surface area contributed by atoms with Crippen LogP contribution < -0.4 is 10.9 Å². The lowest BCUT2D eigenvalue weighted by Gasteiger charge is -2.12. The summed E-state index contributed by atoms with van der Waals surface area (Å²) in [5, 5.41) is 11.0. The minimum atomic E-state index is -0.323. The second-order valence-electron chi connectivity index (χ2n) is 6.27. The number of aryl methyl sites for hydroxylation is 1. The molecule has 1 amide bonds. The summed E-state index contributed by atoms with van der Waals surface area (Å²) in [6.45, 7) is 2.31. The molecular formula is C20H19N5O2. The van der Waals surface area contributed by atoms with Crippen LogP contribution in [-0.4, -0.2) is 25.1 Å². The predicted molar refractivity (Wildman–Crippen MR) is 102 cm³/mol. The largest absolute Gasteiger partial charge is 0.350 e. The molecule has 4 aromatic rings. The van der Waals surface area contributed by atoms with Gasteiger partial charge in [-0.1, -0.05) is 49.4 Å². The molecule has 2 aromatic carbocycles. The normalized spacial score (nSPS) is 11.1. The van der Waals surface area contributed by atoms with Gasteiger partial charge in [0.2, 0.25) is 11.6 Å². The van der Waals surface area contributed by atoms with Gasteiger partial charge < -0.3 is 5.32 Å². The second kappa shape index (κ2) is 7.03. The van der Waals surface area contributed by atoms with Crippen molar-refractivity contribution in [2.45, 2.75) is 26.4 Å². The first-order valence-corrected chi connectivity index (χ1v) is 8.85. The van der Waals surface area contributed by atoms with E-state index in [4.69, 9.17) is 0 Å². The van der Waals surface area contributed by atoms with Crippen molar-refractivity contribution in [1.82, 2.24) is 24.5 Å². The van der Waals surface area contributed by atoms with Crippen molar-refractivity contribution >= 4 is 22.6 Å². The maximum absolute atomic E-state index is 12.9. The summed E-state index contributed by atoms with van der Waals surface area (Å²) in [5.74, 6) is 0.490. The zero-order valence-corrected chi connectivity index (χ0v) is 14.9. The van der Waals surface area contributed by atoms with Crippen LogP contribution in [0.3, 0.4) is 0 Å². The van der Waals surface area contributed by atoms with Crippen molar-refractivity contribution in [3.63, 3.8) is 0 Å². The Kier molecular flexibility index (Phi) is 4.42. The van der Waals surface area contributed by atoms with E-state index < -0.39 is 0 Å². The number of benzene rings is 2. The Balaban J connectivity index is 1.71. The van der Waals surface area contributed by atoms with Crippen LogP contribution in [0.5, 0.6) is 0 Å². The van der Waals surface area contributed by atoms with Crippen molar-refractivity contribution in [1.29, 1.82) is 0 Å². The lowest BCUT2D eigenvalue weighted by molar-refractivity contribution is -0.121. The summed E-state index contributed by atoms with van der Waals surface area (Å²) < 4.78 is 3.23. The highest BCUT2D eigenvalue weighted by atomic mass is 16.2. The van der Waals surface area contributed by atoms with Crippen LogP contribution in [0.2, 0.25) is 0 Å². The molecule has 0 saturated carbocycles. The van der Waals surface area contributed by atoms with Gasteiger partial charge in [0.1, 0.15) is 12.4 Å². The Labute approximate surface area is 155 Å². The summed E-state index contributed by atoms with van der Waals surface area (Å²) in [6.07, 6.45) is 0.659. The molecule has 0 spiro atoms. The molecule has 1 N–H and O–H groups in total. The number of carbonyl (C=O) groups excluding carboxylic acids is 1. The van der Waals surface area contributed by atoms with E-state index >= 15 is 0 Å². The molecule has 4 rings (SSSR count). The van der Waals surface area contributed by atoms with Crippen LogP contribution in [0.4, 0.5) is 0 Å². The number of nitrogens with one attached hydrogen (secondary N) is 1. The highest BCUT2D eigenvalue weighted by molar-refractivity contribution is 5.82. The number of rotatable bonds is 5. The molecule has 0 unspecified atom stereocenters. The maximum Gasteiger partial charge on any atom is 0.297 e. The van der Waals surface area contributed by atoms with Gasteiger partial charge in [-0.15, -0.1) is 10.2 Å². The summed E-state index contributed by atoms with van der Waals surface area (Å²) in [6, 6.07) is 17.1. The van der Waals surface area contributed by atoms with Crippen molar-refractivity contribution in [3.8, 4) is 0 Å². The van der Waals surface area contributed by atoms with E-state index in [0.717, 1.165) is 16.9 Å². The van der Waals surface area contributed by atoms with E-state index in [-0.39, 0.29) is 23.7 Å². The second-order valence-corrected chi connectivity index (χ2v) is 6.27. The van der Waals surface area contributed by atoms with Crippen molar-refractivity contribution in [2.75, 3.05) is 0 Å². The number of hydrogen-bond donors (Lipinski definition) is 1. The topological polar surface area (TPSA) is 81.3 Å². The minimum Gasteiger partial charge on any atom is -0.350 e. The Bertz CT molecular complexity index is 1180. The Hall–Kier alpha value is -3.48. The fourth-order valence-electron chi connectivity index (χ4n) is 3.20. The fourth-order valence-corrected chi connectivity index (χ4v) is 3.20. The van der Waals surface area contributed by atoms with Crippen LogP contribution in [0.25, 0.3) is 16.7 Å². The zero-order valence-electron chi connectivity index (χ0n) is 14.9. The number of hydrogen-bond acceptors (Lipinski definition) is 4. The number of aromatic nitrogens is 4. The molecule has 0 aliphatic carbocycles. The third-order valence-electron chi connectivity index (χ3n) is 4.53. The summed E-state index contributed by atoms with van der Waals surface area (Å²) in [7, 11) is 0. The molecule has 7 nitrogen and oxygen atoms in total. The summed E-state index contributed by atoms with van der Waals surface area (Å²) in [4.78, 5) is 25.4. The predicted octanol–water partition coefficient (Wildman–Crippen LogP) is 1.92. The van der Waals surface area contributed by atoms with Gasteiger partial charge in [-0.2, -0.15) is 0 Å². The number of fused-ring (bicyclic) bond motifs is 3. The molecule has 136 valence electrons. The average Bonchev–Trinajstić information content (AvgIpc) is 3.15. The molecule has 0 saturated heterocycles. The highest BCUT2D eigenvalue weighted by Crippen LogP contribution is 2.15. The molecule has 0 atom stereocenters. The molecule has 0 aliphatic heterocycles. The third-order valence-corrected chi connectivity index (χ3v) is 4.53. The van der Waals surface area contributed by atoms with Crippen LogP contribution in [0.15, 0.2) is 59.4 Å². The number of carbonyl (C=O) groups is 1. The standard InChI is InChI=1S/C20H19N5O2/c1-2-17-22-23-19-20(27)24(15-10-6-7-11-16(15)25(17)19)13-18(26)21-12-14-8-4-3-5-9-14/h3-11H,2,12-13H2,1H3,(H,21,26). The monoisotopic (exact) mass is 361 g/mol. The lowest BCUT2D eigenvalue weighted by Crippen LogP contribution is -2.33. The smallest absolute Gasteiger partial charge is 0.297 e. The van der Waals surface area contributed by atoms with E-state index in [9.17, 15) is 9.59 Å². The minimum absolute atomic E-state index is 0.0724. The van der Waals surface area contributed by atoms with Gasteiger partial charge in [-0.25, -0.2) is 0 Å².